The number of hydrogen-bond acceptors (Lipinski definition) is 6. The van der Waals surface area contributed by atoms with Crippen LogP contribution in [0.3, 0.4) is 0 Å². The van der Waals surface area contributed by atoms with E-state index in [0.717, 1.165) is 16.9 Å². The summed E-state index contributed by atoms with van der Waals surface area (Å²) in [6.07, 6.45) is 4.80. The van der Waals surface area contributed by atoms with Crippen LogP contribution in [0.15, 0.2) is 24.8 Å². The zero-order valence-electron chi connectivity index (χ0n) is 11.7. The van der Waals surface area contributed by atoms with E-state index in [9.17, 15) is 0 Å². The van der Waals surface area contributed by atoms with Crippen LogP contribution < -0.4 is 10.6 Å². The lowest BCUT2D eigenvalue weighted by molar-refractivity contribution is 0.785. The van der Waals surface area contributed by atoms with Crippen molar-refractivity contribution in [2.45, 2.75) is 0 Å². The lowest BCUT2D eigenvalue weighted by atomic mass is 10.4. The van der Waals surface area contributed by atoms with E-state index in [0.29, 0.717) is 29.0 Å². The molecule has 0 fully saturated rings. The molecule has 3 heterocycles. The fourth-order valence-corrected chi connectivity index (χ4v) is 2.46. The van der Waals surface area contributed by atoms with Crippen molar-refractivity contribution in [3.8, 4) is 0 Å². The van der Waals surface area contributed by atoms with Crippen molar-refractivity contribution < 1.29 is 0 Å². The lowest BCUT2D eigenvalue weighted by Gasteiger charge is -2.09. The van der Waals surface area contributed by atoms with Gasteiger partial charge >= 0.3 is 0 Å². The van der Waals surface area contributed by atoms with E-state index >= 15 is 0 Å². The van der Waals surface area contributed by atoms with Crippen molar-refractivity contribution in [3.05, 3.63) is 34.8 Å². The average molecular weight is 338 g/mol. The molecule has 114 valence electrons. The highest BCUT2D eigenvalue weighted by Crippen LogP contribution is 2.22. The molecule has 3 rings (SSSR count). The maximum atomic E-state index is 6.04. The number of halogens is 2. The second kappa shape index (κ2) is 6.33. The van der Waals surface area contributed by atoms with Crippen molar-refractivity contribution in [1.29, 1.82) is 0 Å². The molecular formula is C13H13Cl2N7. The average Bonchev–Trinajstić information content (AvgIpc) is 2.88. The van der Waals surface area contributed by atoms with E-state index in [-0.39, 0.29) is 0 Å². The van der Waals surface area contributed by atoms with Crippen LogP contribution in [0.5, 0.6) is 0 Å². The summed E-state index contributed by atoms with van der Waals surface area (Å²) in [5, 5.41) is 12.4. The van der Waals surface area contributed by atoms with Crippen LogP contribution in [0, 0.1) is 0 Å². The Morgan fingerprint density at radius 3 is 2.59 bits per heavy atom. The molecule has 22 heavy (non-hydrogen) atoms. The Kier molecular flexibility index (Phi) is 4.26. The normalized spacial score (nSPS) is 10.9. The van der Waals surface area contributed by atoms with Crippen LogP contribution >= 0.6 is 23.2 Å². The second-order valence-corrected chi connectivity index (χ2v) is 5.41. The highest BCUT2D eigenvalue weighted by atomic mass is 35.5. The molecule has 3 aromatic rings. The van der Waals surface area contributed by atoms with E-state index in [1.807, 2.05) is 7.05 Å². The van der Waals surface area contributed by atoms with Gasteiger partial charge in [0.15, 0.2) is 5.65 Å². The van der Waals surface area contributed by atoms with Crippen molar-refractivity contribution in [3.63, 3.8) is 0 Å². The smallest absolute Gasteiger partial charge is 0.163 e. The molecule has 0 atom stereocenters. The molecule has 0 saturated carbocycles. The number of nitrogens with zero attached hydrogens (tertiary/aromatic N) is 5. The third-order valence-corrected chi connectivity index (χ3v) is 3.54. The van der Waals surface area contributed by atoms with Gasteiger partial charge < -0.3 is 10.6 Å². The zero-order valence-corrected chi connectivity index (χ0v) is 13.2. The van der Waals surface area contributed by atoms with Crippen molar-refractivity contribution in [2.75, 3.05) is 23.7 Å². The van der Waals surface area contributed by atoms with Gasteiger partial charge in [-0.2, -0.15) is 5.10 Å². The number of hydrogen-bond donors (Lipinski definition) is 2. The summed E-state index contributed by atoms with van der Waals surface area (Å²) >= 11 is 11.9. The molecule has 3 aromatic heterocycles. The molecule has 0 saturated heterocycles. The third-order valence-electron chi connectivity index (χ3n) is 3.05. The predicted octanol–water partition coefficient (Wildman–Crippen LogP) is 2.59. The number of aryl methyl sites for hydroxylation is 1. The minimum Gasteiger partial charge on any atom is -0.368 e. The van der Waals surface area contributed by atoms with Crippen LogP contribution in [0.1, 0.15) is 0 Å². The molecule has 0 aliphatic rings. The van der Waals surface area contributed by atoms with Gasteiger partial charge in [-0.25, -0.2) is 15.0 Å². The summed E-state index contributed by atoms with van der Waals surface area (Å²) in [6.45, 7) is 1.27. The second-order valence-electron chi connectivity index (χ2n) is 4.57. The van der Waals surface area contributed by atoms with Gasteiger partial charge in [-0.1, -0.05) is 23.2 Å². The Labute approximate surface area is 136 Å². The van der Waals surface area contributed by atoms with Gasteiger partial charge in [0.25, 0.3) is 0 Å². The number of nitrogens with one attached hydrogen (secondary N) is 2. The quantitative estimate of drug-likeness (QED) is 0.696. The zero-order chi connectivity index (χ0) is 15.5. The standard InChI is InChI=1S/C13H13Cl2N7/c1-22-13-9(6-21-22)11(19-7-20-13)16-2-3-17-12-10(15)4-8(14)5-18-12/h4-7H,2-3H2,1H3,(H,17,18)(H,16,19,20). The first-order valence-corrected chi connectivity index (χ1v) is 7.32. The van der Waals surface area contributed by atoms with Gasteiger partial charge in [0, 0.05) is 26.3 Å². The summed E-state index contributed by atoms with van der Waals surface area (Å²) in [5.74, 6) is 1.34. The number of aromatic nitrogens is 5. The van der Waals surface area contributed by atoms with Crippen LogP contribution in [0.25, 0.3) is 11.0 Å². The molecule has 0 bridgehead atoms. The van der Waals surface area contributed by atoms with Gasteiger partial charge in [-0.15, -0.1) is 0 Å². The molecule has 9 heteroatoms. The minimum atomic E-state index is 0.490. The molecule has 2 N–H and O–H groups in total. The van der Waals surface area contributed by atoms with Crippen LogP contribution in [0.2, 0.25) is 10.0 Å². The third kappa shape index (κ3) is 3.05. The number of rotatable bonds is 5. The fraction of sp³-hybridized carbons (Fsp3) is 0.231. The summed E-state index contributed by atoms with van der Waals surface area (Å²) in [6, 6.07) is 1.65. The Hall–Kier alpha value is -2.12. The number of anilines is 2. The van der Waals surface area contributed by atoms with Crippen molar-refractivity contribution in [2.24, 2.45) is 7.05 Å². The molecule has 0 radical (unpaired) electrons. The SMILES string of the molecule is Cn1ncc2c(NCCNc3ncc(Cl)cc3Cl)ncnc21. The Morgan fingerprint density at radius 1 is 1.05 bits per heavy atom. The van der Waals surface area contributed by atoms with Crippen LogP contribution in [-0.2, 0) is 7.05 Å². The van der Waals surface area contributed by atoms with Crippen LogP contribution in [0.4, 0.5) is 11.6 Å². The van der Waals surface area contributed by atoms with Gasteiger partial charge in [0.1, 0.15) is 18.0 Å². The predicted molar refractivity (Wildman–Crippen MR) is 87.5 cm³/mol. The minimum absolute atomic E-state index is 0.490. The monoisotopic (exact) mass is 337 g/mol. The molecule has 0 amide bonds. The Morgan fingerprint density at radius 2 is 1.82 bits per heavy atom. The first-order valence-electron chi connectivity index (χ1n) is 6.56. The number of fused-ring (bicyclic) bond motifs is 1. The van der Waals surface area contributed by atoms with E-state index in [2.05, 4.69) is 30.7 Å². The summed E-state index contributed by atoms with van der Waals surface area (Å²) in [5.41, 5.74) is 0.785. The van der Waals surface area contributed by atoms with Crippen LogP contribution in [-0.4, -0.2) is 37.8 Å². The van der Waals surface area contributed by atoms with Gasteiger partial charge in [-0.3, -0.25) is 4.68 Å². The highest BCUT2D eigenvalue weighted by molar-refractivity contribution is 6.35. The summed E-state index contributed by atoms with van der Waals surface area (Å²) in [4.78, 5) is 12.6. The molecule has 0 aliphatic heterocycles. The molecule has 0 spiro atoms. The molecule has 0 aromatic carbocycles. The van der Waals surface area contributed by atoms with Gasteiger partial charge in [-0.05, 0) is 6.07 Å². The number of pyridine rings is 1. The first kappa shape index (κ1) is 14.8. The lowest BCUT2D eigenvalue weighted by Crippen LogP contribution is -2.15. The van der Waals surface area contributed by atoms with E-state index < -0.39 is 0 Å². The first-order chi connectivity index (χ1) is 10.6. The largest absolute Gasteiger partial charge is 0.368 e. The maximum absolute atomic E-state index is 6.04. The fourth-order valence-electron chi connectivity index (χ4n) is 2.01. The van der Waals surface area contributed by atoms with Crippen molar-refractivity contribution in [1.82, 2.24) is 24.7 Å². The maximum Gasteiger partial charge on any atom is 0.163 e. The Bertz CT molecular complexity index is 802. The van der Waals surface area contributed by atoms with E-state index in [1.165, 1.54) is 6.33 Å². The topological polar surface area (TPSA) is 80.5 Å². The van der Waals surface area contributed by atoms with Crippen molar-refractivity contribution >= 4 is 45.9 Å². The van der Waals surface area contributed by atoms with Gasteiger partial charge in [0.2, 0.25) is 0 Å². The molecule has 0 unspecified atom stereocenters. The van der Waals surface area contributed by atoms with E-state index in [4.69, 9.17) is 23.2 Å². The molecule has 7 nitrogen and oxygen atoms in total. The summed E-state index contributed by atoms with van der Waals surface area (Å²) in [7, 11) is 1.84. The molecule has 0 aliphatic carbocycles. The van der Waals surface area contributed by atoms with Gasteiger partial charge in [0.05, 0.1) is 21.6 Å². The Balaban J connectivity index is 1.61. The summed E-state index contributed by atoms with van der Waals surface area (Å²) < 4.78 is 1.71. The highest BCUT2D eigenvalue weighted by Gasteiger charge is 2.07. The van der Waals surface area contributed by atoms with E-state index in [1.54, 1.807) is 23.1 Å². The molecular weight excluding hydrogens is 325 g/mol.